The van der Waals surface area contributed by atoms with Gasteiger partial charge in [-0.05, 0) is 102 Å². The molecule has 0 atom stereocenters. The monoisotopic (exact) mass is 1960 g/mol. The van der Waals surface area contributed by atoms with Crippen molar-refractivity contribution in [2.24, 2.45) is 0 Å². The number of ether oxygens (including phenoxy) is 8. The van der Waals surface area contributed by atoms with E-state index in [2.05, 4.69) is 55.4 Å². The average Bonchev–Trinajstić information content (AvgIpc) is 1.61. The summed E-state index contributed by atoms with van der Waals surface area (Å²) in [5.74, 6) is -4.59. The Labute approximate surface area is 842 Å². The Morgan fingerprint density at radius 2 is 0.314 bits per heavy atom. The summed E-state index contributed by atoms with van der Waals surface area (Å²) in [5, 5.41) is 0. The molecule has 137 heavy (non-hydrogen) atoms. The molecular weight excluding hydrogens is 1770 g/mol. The molecule has 0 radical (unpaired) electrons. The van der Waals surface area contributed by atoms with Crippen LogP contribution in [0.5, 0.6) is 0 Å². The normalized spacial score (nSPS) is 11.9. The van der Waals surface area contributed by atoms with Crippen LogP contribution in [-0.2, 0) is 121 Å². The number of unbranched alkanes of at least 4 members (excludes halogenated alkanes) is 56. The van der Waals surface area contributed by atoms with Gasteiger partial charge < -0.3 is 47.9 Å². The van der Waals surface area contributed by atoms with Gasteiger partial charge in [0.15, 0.2) is 0 Å². The van der Waals surface area contributed by atoms with E-state index in [1.165, 1.54) is 103 Å². The molecule has 0 saturated carbocycles. The number of carbonyl (C=O) groups is 8. The van der Waals surface area contributed by atoms with Crippen molar-refractivity contribution in [3.63, 3.8) is 0 Å². The van der Waals surface area contributed by atoms with Crippen molar-refractivity contribution in [1.82, 2.24) is 19.9 Å². The molecule has 0 saturated heterocycles. The SMILES string of the molecule is CCCCCCCCCCOC(=O)CC1=C(CC(=O)OCCCCCCCCCC)c2cc3[n-]c(cc4[n-]c(cc5nc(cc1n2)C(CC(=O)OCCCCCCCCCC)=C5CC(=O)OCCCCCCCCCC)c(CC(=O)OCCCCCCCCCC)c4CC(=O)OCCCCCCCCCC)c(CC(=O)OCCCCCCCCCC)c3CC(=O)OCCCCCCCCCC.[Zn+2]. The summed E-state index contributed by atoms with van der Waals surface area (Å²) in [6.07, 6.45) is 63.1. The van der Waals surface area contributed by atoms with Gasteiger partial charge in [0.05, 0.1) is 127 Å². The maximum absolute atomic E-state index is 15.1. The molecule has 5 rings (SSSR count). The van der Waals surface area contributed by atoms with E-state index in [1.54, 1.807) is 24.3 Å². The second-order valence-electron chi connectivity index (χ2n) is 38.9. The van der Waals surface area contributed by atoms with E-state index in [1.807, 2.05) is 0 Å². The fourth-order valence-electron chi connectivity index (χ4n) is 18.3. The zero-order valence-corrected chi connectivity index (χ0v) is 90.9. The summed E-state index contributed by atoms with van der Waals surface area (Å²) in [5.41, 5.74) is 3.98. The van der Waals surface area contributed by atoms with Crippen molar-refractivity contribution >= 4 is 92.1 Å². The third-order valence-electron chi connectivity index (χ3n) is 26.6. The zero-order chi connectivity index (χ0) is 97.7. The van der Waals surface area contributed by atoms with E-state index in [0.29, 0.717) is 95.9 Å². The Hall–Kier alpha value is -7.02. The van der Waals surface area contributed by atoms with E-state index in [9.17, 15) is 0 Å². The summed E-state index contributed by atoms with van der Waals surface area (Å²) in [6.45, 7) is 18.9. The summed E-state index contributed by atoms with van der Waals surface area (Å²) in [7, 11) is 0. The first-order chi connectivity index (χ1) is 66.6. The van der Waals surface area contributed by atoms with Gasteiger partial charge in [-0.3, -0.25) is 38.4 Å². The molecule has 8 bridgehead atoms. The first-order valence-corrected chi connectivity index (χ1v) is 56.0. The molecule has 0 aliphatic carbocycles. The molecule has 20 nitrogen and oxygen atoms in total. The number of fused-ring (bicyclic) bond motifs is 8. The third-order valence-corrected chi connectivity index (χ3v) is 26.6. The Balaban J connectivity index is 0.0000392. The fraction of sp³-hybridized carbons (Fsp3) is 0.759. The van der Waals surface area contributed by atoms with Gasteiger partial charge in [-0.25, -0.2) is 9.97 Å². The maximum Gasteiger partial charge on any atom is 2.00 e. The van der Waals surface area contributed by atoms with E-state index in [4.69, 9.17) is 57.8 Å². The van der Waals surface area contributed by atoms with Crippen LogP contribution < -0.4 is 9.97 Å². The summed E-state index contributed by atoms with van der Waals surface area (Å²) >= 11 is 0. The van der Waals surface area contributed by atoms with Gasteiger partial charge in [-0.15, -0.1) is 22.1 Å². The van der Waals surface area contributed by atoms with Crippen LogP contribution >= 0.6 is 0 Å². The minimum atomic E-state index is -0.573. The Morgan fingerprint density at radius 3 is 0.474 bits per heavy atom. The minimum Gasteiger partial charge on any atom is -0.657 e. The molecule has 0 amide bonds. The van der Waals surface area contributed by atoms with Crippen LogP contribution in [0.15, 0.2) is 24.3 Å². The fourth-order valence-corrected chi connectivity index (χ4v) is 18.3. The van der Waals surface area contributed by atoms with E-state index < -0.39 is 47.8 Å². The van der Waals surface area contributed by atoms with Crippen LogP contribution in [0.1, 0.15) is 537 Å². The van der Waals surface area contributed by atoms with Crippen molar-refractivity contribution in [2.75, 3.05) is 52.9 Å². The first-order valence-electron chi connectivity index (χ1n) is 56.0. The minimum absolute atomic E-state index is 0. The molecule has 3 aromatic heterocycles. The number of hydrogen-bond acceptors (Lipinski definition) is 18. The molecule has 2 aliphatic heterocycles. The molecular formula is C116H188N4O16Zn. The van der Waals surface area contributed by atoms with Crippen LogP contribution in [0.2, 0.25) is 0 Å². The predicted octanol–water partition coefficient (Wildman–Crippen LogP) is 30.6. The van der Waals surface area contributed by atoms with Gasteiger partial charge in [0.2, 0.25) is 0 Å². The standard InChI is InChI=1S/C116H188N4O16.Zn/c1-9-17-25-33-41-49-57-65-73-129-109(121)81-93-94(82-110(122)130-74-66-58-50-42-34-26-18-10-2)102-90-104-97(85-113(125)133-77-69-61-53-45-37-29-21-13-5)98(86-114(126)134-78-70-62-54-46-38-30-22-14-6)106(119-104)92-108-100(88-116(128)136-80-72-64-56-48-40-32-24-16-8)99(87-115(127)135-79-71-63-55-47-39-31-23-15-7)107(120-108)91-105-96(84-112(124)132-76-68-60-52-44-36-28-20-12-4)95(103(118-105)89-101(93)117-102)83-111(123)131-75-67-59-51-43-35-27-19-11-3;/h89-92H,9-88H2,1-8H3;/q-2;+2. The molecule has 0 fully saturated rings. The average molecular weight is 1960 g/mol. The zero-order valence-electron chi connectivity index (χ0n) is 87.9. The number of esters is 8. The smallest absolute Gasteiger partial charge is 0.657 e. The summed E-state index contributed by atoms with van der Waals surface area (Å²) in [6, 6.07) is 6.74. The number of rotatable bonds is 88. The summed E-state index contributed by atoms with van der Waals surface area (Å²) in [4.78, 5) is 142. The largest absolute Gasteiger partial charge is 2.00 e. The number of hydrogen-bond donors (Lipinski definition) is 0. The topological polar surface area (TPSA) is 264 Å². The number of carbonyl (C=O) groups excluding carboxylic acids is 8. The third kappa shape index (κ3) is 55.8. The van der Waals surface area contributed by atoms with Gasteiger partial charge in [-0.2, -0.15) is 0 Å². The van der Waals surface area contributed by atoms with Gasteiger partial charge in [0, 0.05) is 0 Å². The molecule has 0 spiro atoms. The summed E-state index contributed by atoms with van der Waals surface area (Å²) < 4.78 is 49.5. The van der Waals surface area contributed by atoms with E-state index in [-0.39, 0.29) is 169 Å². The van der Waals surface area contributed by atoms with Crippen LogP contribution in [0, 0.1) is 0 Å². The maximum atomic E-state index is 15.1. The number of aromatic nitrogens is 4. The second kappa shape index (κ2) is 81.5. The number of nitrogens with zero attached hydrogens (tertiary/aromatic N) is 4. The van der Waals surface area contributed by atoms with Gasteiger partial charge in [0.1, 0.15) is 0 Å². The molecule has 3 aromatic rings. The van der Waals surface area contributed by atoms with Crippen molar-refractivity contribution in [2.45, 2.75) is 518 Å². The van der Waals surface area contributed by atoms with Crippen LogP contribution in [-0.4, -0.2) is 111 Å². The molecule has 0 aromatic carbocycles. The molecule has 5 heterocycles. The van der Waals surface area contributed by atoms with Crippen LogP contribution in [0.25, 0.3) is 44.4 Å². The molecule has 0 N–H and O–H groups in total. The van der Waals surface area contributed by atoms with Crippen LogP contribution in [0.4, 0.5) is 0 Å². The van der Waals surface area contributed by atoms with Gasteiger partial charge >= 0.3 is 67.2 Å². The Morgan fingerprint density at radius 1 is 0.182 bits per heavy atom. The molecule has 0 unspecified atom stereocenters. The molecule has 770 valence electrons. The van der Waals surface area contributed by atoms with Crippen LogP contribution in [0.3, 0.4) is 0 Å². The predicted molar refractivity (Wildman–Crippen MR) is 554 cm³/mol. The first kappa shape index (κ1) is 122. The second-order valence-corrected chi connectivity index (χ2v) is 38.9. The Kier molecular flexibility index (Phi) is 72.8. The van der Waals surface area contributed by atoms with E-state index in [0.717, 1.165) is 257 Å². The van der Waals surface area contributed by atoms with Crippen molar-refractivity contribution in [1.29, 1.82) is 0 Å². The van der Waals surface area contributed by atoms with Crippen molar-refractivity contribution < 1.29 is 95.7 Å². The molecule has 2 aliphatic rings. The van der Waals surface area contributed by atoms with Gasteiger partial charge in [-0.1, -0.05) is 433 Å². The van der Waals surface area contributed by atoms with Crippen molar-refractivity contribution in [3.8, 4) is 0 Å². The molecule has 21 heteroatoms. The Bertz CT molecular complexity index is 3780. The van der Waals surface area contributed by atoms with E-state index >= 15 is 38.4 Å². The quantitative estimate of drug-likeness (QED) is 0.0220. The van der Waals surface area contributed by atoms with Crippen molar-refractivity contribution in [3.05, 3.63) is 69.3 Å². The van der Waals surface area contributed by atoms with Gasteiger partial charge in [0.25, 0.3) is 0 Å².